The van der Waals surface area contributed by atoms with E-state index in [0.717, 1.165) is 14.0 Å². The van der Waals surface area contributed by atoms with Crippen LogP contribution in [0.3, 0.4) is 0 Å². The fraction of sp³-hybridized carbons (Fsp3) is 0.364. The van der Waals surface area contributed by atoms with E-state index >= 15 is 0 Å². The molecule has 0 saturated carbocycles. The quantitative estimate of drug-likeness (QED) is 0.608. The van der Waals surface area contributed by atoms with Crippen molar-refractivity contribution in [3.05, 3.63) is 28.8 Å². The second-order valence-corrected chi connectivity index (χ2v) is 3.65. The smallest absolute Gasteiger partial charge is 0.419 e. The average molecular weight is 286 g/mol. The first-order valence-corrected chi connectivity index (χ1v) is 4.86. The minimum absolute atomic E-state index is 0.157. The van der Waals surface area contributed by atoms with Crippen LogP contribution in [0.15, 0.2) is 12.1 Å². The second-order valence-electron chi connectivity index (χ2n) is 3.65. The zero-order valence-electron chi connectivity index (χ0n) is 9.74. The first kappa shape index (κ1) is 15.3. The van der Waals surface area contributed by atoms with Crippen molar-refractivity contribution in [2.24, 2.45) is 0 Å². The average Bonchev–Trinajstić information content (AvgIpc) is 2.24. The Bertz CT molecular complexity index is 501. The standard InChI is InChI=1S/C11H8F6O2/c1-5(18)6-3-8(11(15,16)17)9(19-2)4-7(6)10(12,13)14/h3-4H,1-2H3. The Morgan fingerprint density at radius 3 is 1.79 bits per heavy atom. The molecule has 0 amide bonds. The van der Waals surface area contributed by atoms with Gasteiger partial charge in [0.05, 0.1) is 18.2 Å². The summed E-state index contributed by atoms with van der Waals surface area (Å²) in [6.07, 6.45) is -9.86. The molecule has 0 N–H and O–H groups in total. The van der Waals surface area contributed by atoms with E-state index in [-0.39, 0.29) is 12.1 Å². The lowest BCUT2D eigenvalue weighted by atomic mass is 9.99. The number of rotatable bonds is 2. The fourth-order valence-corrected chi connectivity index (χ4v) is 1.50. The van der Waals surface area contributed by atoms with Crippen LogP contribution < -0.4 is 4.74 Å². The topological polar surface area (TPSA) is 26.3 Å². The van der Waals surface area contributed by atoms with Gasteiger partial charge >= 0.3 is 12.4 Å². The van der Waals surface area contributed by atoms with Crippen LogP contribution in [0.5, 0.6) is 5.75 Å². The highest BCUT2D eigenvalue weighted by Gasteiger charge is 2.40. The van der Waals surface area contributed by atoms with Gasteiger partial charge in [-0.15, -0.1) is 0 Å². The van der Waals surface area contributed by atoms with Gasteiger partial charge in [0.2, 0.25) is 0 Å². The zero-order valence-corrected chi connectivity index (χ0v) is 9.74. The molecule has 19 heavy (non-hydrogen) atoms. The van der Waals surface area contributed by atoms with Gasteiger partial charge in [-0.3, -0.25) is 4.79 Å². The monoisotopic (exact) mass is 286 g/mol. The molecule has 0 heterocycles. The Morgan fingerprint density at radius 1 is 1.00 bits per heavy atom. The maximum absolute atomic E-state index is 12.7. The minimum atomic E-state index is -4.95. The number of halogens is 6. The maximum atomic E-state index is 12.7. The van der Waals surface area contributed by atoms with Gasteiger partial charge in [-0.25, -0.2) is 0 Å². The molecule has 0 atom stereocenters. The Morgan fingerprint density at radius 2 is 1.47 bits per heavy atom. The zero-order chi connectivity index (χ0) is 15.0. The van der Waals surface area contributed by atoms with Crippen molar-refractivity contribution >= 4 is 5.78 Å². The molecule has 8 heteroatoms. The number of carbonyl (C=O) groups is 1. The lowest BCUT2D eigenvalue weighted by Gasteiger charge is -2.17. The van der Waals surface area contributed by atoms with Crippen molar-refractivity contribution in [2.45, 2.75) is 19.3 Å². The summed E-state index contributed by atoms with van der Waals surface area (Å²) < 4.78 is 80.2. The Hall–Kier alpha value is -1.73. The number of Topliss-reactive ketones (excluding diaryl/α,β-unsaturated/α-hetero) is 1. The van der Waals surface area contributed by atoms with Gasteiger partial charge in [0.25, 0.3) is 0 Å². The van der Waals surface area contributed by atoms with E-state index < -0.39 is 40.6 Å². The molecule has 0 aliphatic heterocycles. The third kappa shape index (κ3) is 3.18. The van der Waals surface area contributed by atoms with Gasteiger partial charge in [-0.2, -0.15) is 26.3 Å². The Balaban J connectivity index is 3.66. The molecule has 0 bridgehead atoms. The fourth-order valence-electron chi connectivity index (χ4n) is 1.50. The van der Waals surface area contributed by atoms with E-state index in [1.54, 1.807) is 0 Å². The van der Waals surface area contributed by atoms with E-state index in [9.17, 15) is 31.1 Å². The maximum Gasteiger partial charge on any atom is 0.419 e. The van der Waals surface area contributed by atoms with Crippen LogP contribution >= 0.6 is 0 Å². The van der Waals surface area contributed by atoms with Crippen molar-refractivity contribution in [1.29, 1.82) is 0 Å². The molecule has 0 spiro atoms. The highest BCUT2D eigenvalue weighted by Crippen LogP contribution is 2.42. The van der Waals surface area contributed by atoms with Gasteiger partial charge in [0.15, 0.2) is 5.78 Å². The molecule has 106 valence electrons. The van der Waals surface area contributed by atoms with Gasteiger partial charge in [0.1, 0.15) is 5.75 Å². The van der Waals surface area contributed by atoms with Crippen molar-refractivity contribution in [1.82, 2.24) is 0 Å². The molecule has 0 aromatic heterocycles. The minimum Gasteiger partial charge on any atom is -0.496 e. The van der Waals surface area contributed by atoms with Crippen LogP contribution in [0.2, 0.25) is 0 Å². The van der Waals surface area contributed by atoms with Gasteiger partial charge in [0, 0.05) is 5.56 Å². The molecule has 0 aliphatic carbocycles. The predicted octanol–water partition coefficient (Wildman–Crippen LogP) is 3.94. The summed E-state index contributed by atoms with van der Waals surface area (Å²) in [6, 6.07) is 0.337. The predicted molar refractivity (Wildman–Crippen MR) is 53.0 cm³/mol. The van der Waals surface area contributed by atoms with Crippen molar-refractivity contribution in [3.63, 3.8) is 0 Å². The second kappa shape index (κ2) is 4.75. The van der Waals surface area contributed by atoms with Crippen molar-refractivity contribution in [3.8, 4) is 5.75 Å². The third-order valence-corrected chi connectivity index (χ3v) is 2.33. The molecule has 0 unspecified atom stereocenters. The molecule has 1 aromatic carbocycles. The summed E-state index contributed by atoms with van der Waals surface area (Å²) in [5.41, 5.74) is -3.92. The molecule has 0 aliphatic rings. The van der Waals surface area contributed by atoms with Crippen LogP contribution in [0.4, 0.5) is 26.3 Å². The molecule has 2 nitrogen and oxygen atoms in total. The van der Waals surface area contributed by atoms with Crippen molar-refractivity contribution < 1.29 is 35.9 Å². The Kier molecular flexibility index (Phi) is 3.83. The summed E-state index contributed by atoms with van der Waals surface area (Å²) in [5, 5.41) is 0. The molecular formula is C11H8F6O2. The molecule has 0 fully saturated rings. The van der Waals surface area contributed by atoms with Crippen LogP contribution in [-0.2, 0) is 12.4 Å². The number of ether oxygens (including phenoxy) is 1. The van der Waals surface area contributed by atoms with E-state index in [1.165, 1.54) is 0 Å². The SMILES string of the molecule is COc1cc(C(F)(F)F)c(C(C)=O)cc1C(F)(F)F. The van der Waals surface area contributed by atoms with E-state index in [2.05, 4.69) is 4.74 Å². The van der Waals surface area contributed by atoms with E-state index in [4.69, 9.17) is 0 Å². The molecule has 1 aromatic rings. The van der Waals surface area contributed by atoms with E-state index in [1.807, 2.05) is 0 Å². The van der Waals surface area contributed by atoms with E-state index in [0.29, 0.717) is 0 Å². The number of carbonyl (C=O) groups excluding carboxylic acids is 1. The summed E-state index contributed by atoms with van der Waals surface area (Å²) in [6.45, 7) is 0.761. The summed E-state index contributed by atoms with van der Waals surface area (Å²) in [7, 11) is 0.818. The molecule has 0 saturated heterocycles. The summed E-state index contributed by atoms with van der Waals surface area (Å²) in [4.78, 5) is 11.1. The summed E-state index contributed by atoms with van der Waals surface area (Å²) >= 11 is 0. The van der Waals surface area contributed by atoms with Crippen molar-refractivity contribution in [2.75, 3.05) is 7.11 Å². The number of ketones is 1. The Labute approximate surface area is 104 Å². The number of methoxy groups -OCH3 is 1. The molecular weight excluding hydrogens is 278 g/mol. The van der Waals surface area contributed by atoms with Gasteiger partial charge < -0.3 is 4.74 Å². The number of alkyl halides is 6. The third-order valence-electron chi connectivity index (χ3n) is 2.33. The number of benzene rings is 1. The number of hydrogen-bond donors (Lipinski definition) is 0. The largest absolute Gasteiger partial charge is 0.496 e. The molecule has 1 rings (SSSR count). The highest BCUT2D eigenvalue weighted by molar-refractivity contribution is 5.96. The first-order valence-electron chi connectivity index (χ1n) is 4.86. The van der Waals surface area contributed by atoms with Crippen LogP contribution in [-0.4, -0.2) is 12.9 Å². The lowest BCUT2D eigenvalue weighted by molar-refractivity contribution is -0.142. The van der Waals surface area contributed by atoms with Gasteiger partial charge in [-0.05, 0) is 19.1 Å². The van der Waals surface area contributed by atoms with Crippen LogP contribution in [0.25, 0.3) is 0 Å². The summed E-state index contributed by atoms with van der Waals surface area (Å²) in [5.74, 6) is -2.09. The van der Waals surface area contributed by atoms with Gasteiger partial charge in [-0.1, -0.05) is 0 Å². The normalized spacial score (nSPS) is 12.4. The first-order chi connectivity index (χ1) is 8.48. The number of hydrogen-bond acceptors (Lipinski definition) is 2. The van der Waals surface area contributed by atoms with Crippen LogP contribution in [0.1, 0.15) is 28.4 Å². The molecule has 0 radical (unpaired) electrons. The highest BCUT2D eigenvalue weighted by atomic mass is 19.4. The van der Waals surface area contributed by atoms with Crippen LogP contribution in [0, 0.1) is 0 Å². The lowest BCUT2D eigenvalue weighted by Crippen LogP contribution is -2.16.